The topological polar surface area (TPSA) is 59.6 Å². The molecule has 0 spiro atoms. The Hall–Kier alpha value is -3.41. The van der Waals surface area contributed by atoms with Crippen LogP contribution in [0.15, 0.2) is 65.7 Å². The molecule has 1 heterocycles. The molecule has 3 aromatic carbocycles. The normalized spacial score (nSPS) is 14.1. The molecule has 0 amide bonds. The zero-order valence-corrected chi connectivity index (χ0v) is 14.4. The average Bonchev–Trinajstić information content (AvgIpc) is 3.06. The first kappa shape index (κ1) is 17.0. The third kappa shape index (κ3) is 3.89. The molecule has 0 fully saturated rings. The van der Waals surface area contributed by atoms with Gasteiger partial charge < -0.3 is 15.8 Å². The Morgan fingerprint density at radius 1 is 0.926 bits per heavy atom. The van der Waals surface area contributed by atoms with Crippen molar-refractivity contribution in [3.05, 3.63) is 83.4 Å². The number of hydrogen-bond donors (Lipinski definition) is 2. The van der Waals surface area contributed by atoms with E-state index in [1.807, 2.05) is 30.3 Å². The Bertz CT molecular complexity index is 1020. The van der Waals surface area contributed by atoms with Gasteiger partial charge in [0.2, 0.25) is 0 Å². The summed E-state index contributed by atoms with van der Waals surface area (Å²) in [6.07, 6.45) is 0.757. The molecule has 4 rings (SSSR count). The van der Waals surface area contributed by atoms with Crippen LogP contribution in [0.2, 0.25) is 0 Å². The van der Waals surface area contributed by atoms with E-state index < -0.39 is 11.6 Å². The Kier molecular flexibility index (Phi) is 4.46. The van der Waals surface area contributed by atoms with Crippen LogP contribution in [0.3, 0.4) is 0 Å². The van der Waals surface area contributed by atoms with Crippen molar-refractivity contribution in [3.63, 3.8) is 0 Å². The summed E-state index contributed by atoms with van der Waals surface area (Å²) in [7, 11) is 0. The zero-order valence-electron chi connectivity index (χ0n) is 14.4. The molecule has 0 bridgehead atoms. The summed E-state index contributed by atoms with van der Waals surface area (Å²) in [6.45, 7) is 0.525. The van der Waals surface area contributed by atoms with Gasteiger partial charge in [0.1, 0.15) is 17.3 Å². The predicted octanol–water partition coefficient (Wildman–Crippen LogP) is 4.91. The summed E-state index contributed by atoms with van der Waals surface area (Å²) in [5.74, 6) is -0.153. The first-order chi connectivity index (χ1) is 13.1. The van der Waals surface area contributed by atoms with Gasteiger partial charge in [0.05, 0.1) is 6.54 Å². The van der Waals surface area contributed by atoms with E-state index in [1.165, 1.54) is 11.6 Å². The van der Waals surface area contributed by atoms with Gasteiger partial charge in [-0.05, 0) is 47.5 Å². The summed E-state index contributed by atoms with van der Waals surface area (Å²) in [5, 5.41) is 3.28. The lowest BCUT2D eigenvalue weighted by Gasteiger charge is -2.07. The number of anilines is 2. The lowest BCUT2D eigenvalue weighted by Crippen LogP contribution is -2.06. The number of halogens is 2. The molecular weight excluding hydrogens is 348 g/mol. The van der Waals surface area contributed by atoms with Gasteiger partial charge in [-0.1, -0.05) is 18.2 Å². The molecule has 3 aromatic rings. The highest BCUT2D eigenvalue weighted by Crippen LogP contribution is 2.26. The molecule has 0 aliphatic carbocycles. The van der Waals surface area contributed by atoms with E-state index in [9.17, 15) is 8.78 Å². The van der Waals surface area contributed by atoms with Gasteiger partial charge in [-0.3, -0.25) is 4.99 Å². The van der Waals surface area contributed by atoms with Gasteiger partial charge in [0, 0.05) is 23.9 Å². The van der Waals surface area contributed by atoms with Crippen LogP contribution < -0.4 is 15.8 Å². The SMILES string of the molecule is Nc1ccc2c(c1)NC(=NCc1ccc(Oc3ccc(F)c(F)c3)cc1)C2. The van der Waals surface area contributed by atoms with Crippen LogP contribution in [0, 0.1) is 11.6 Å². The van der Waals surface area contributed by atoms with Gasteiger partial charge in [-0.2, -0.15) is 0 Å². The predicted molar refractivity (Wildman–Crippen MR) is 102 cm³/mol. The summed E-state index contributed by atoms with van der Waals surface area (Å²) < 4.78 is 31.7. The summed E-state index contributed by atoms with van der Waals surface area (Å²) >= 11 is 0. The largest absolute Gasteiger partial charge is 0.457 e. The molecule has 3 N–H and O–H groups in total. The van der Waals surface area contributed by atoms with E-state index in [-0.39, 0.29) is 5.75 Å². The van der Waals surface area contributed by atoms with Crippen molar-refractivity contribution in [1.82, 2.24) is 0 Å². The van der Waals surface area contributed by atoms with Crippen molar-refractivity contribution in [2.24, 2.45) is 4.99 Å². The van der Waals surface area contributed by atoms with Crippen LogP contribution >= 0.6 is 0 Å². The molecule has 1 aliphatic heterocycles. The Labute approximate surface area is 155 Å². The minimum absolute atomic E-state index is 0.245. The molecule has 27 heavy (non-hydrogen) atoms. The number of nitrogens with two attached hydrogens (primary N) is 1. The maximum atomic E-state index is 13.2. The van der Waals surface area contributed by atoms with Gasteiger partial charge in [0.15, 0.2) is 11.6 Å². The average molecular weight is 365 g/mol. The number of hydrogen-bond acceptors (Lipinski definition) is 3. The standard InChI is InChI=1S/C21H17F2N3O/c22-18-8-7-17(11-19(18)23)27-16-5-1-13(2-6-16)12-25-21-9-14-3-4-15(24)10-20(14)26-21/h1-8,10-11H,9,12,24H2,(H,25,26). The van der Waals surface area contributed by atoms with E-state index in [0.717, 1.165) is 41.3 Å². The summed E-state index contributed by atoms with van der Waals surface area (Å²) in [4.78, 5) is 4.61. The minimum Gasteiger partial charge on any atom is -0.457 e. The fraction of sp³-hybridized carbons (Fsp3) is 0.0952. The quantitative estimate of drug-likeness (QED) is 0.646. The third-order valence-corrected chi connectivity index (χ3v) is 4.27. The maximum absolute atomic E-state index is 13.2. The summed E-state index contributed by atoms with van der Waals surface area (Å²) in [6, 6.07) is 16.6. The Morgan fingerprint density at radius 3 is 2.48 bits per heavy atom. The second-order valence-electron chi connectivity index (χ2n) is 6.30. The lowest BCUT2D eigenvalue weighted by atomic mass is 10.1. The van der Waals surface area contributed by atoms with Crippen LogP contribution in [0.1, 0.15) is 11.1 Å². The molecule has 0 radical (unpaired) electrons. The number of amidine groups is 1. The van der Waals surface area contributed by atoms with E-state index >= 15 is 0 Å². The maximum Gasteiger partial charge on any atom is 0.162 e. The highest BCUT2D eigenvalue weighted by atomic mass is 19.2. The van der Waals surface area contributed by atoms with E-state index in [1.54, 1.807) is 12.1 Å². The van der Waals surface area contributed by atoms with E-state index in [2.05, 4.69) is 10.3 Å². The van der Waals surface area contributed by atoms with Crippen molar-refractivity contribution < 1.29 is 13.5 Å². The zero-order chi connectivity index (χ0) is 18.8. The first-order valence-corrected chi connectivity index (χ1v) is 8.47. The minimum atomic E-state index is -0.938. The lowest BCUT2D eigenvalue weighted by molar-refractivity contribution is 0.461. The number of ether oxygens (including phenoxy) is 1. The summed E-state index contributed by atoms with van der Waals surface area (Å²) in [5.41, 5.74) is 9.71. The molecule has 0 saturated heterocycles. The molecule has 136 valence electrons. The van der Waals surface area contributed by atoms with Crippen molar-refractivity contribution >= 4 is 17.2 Å². The number of nitrogen functional groups attached to an aromatic ring is 1. The highest BCUT2D eigenvalue weighted by Gasteiger charge is 2.15. The van der Waals surface area contributed by atoms with Gasteiger partial charge in [-0.25, -0.2) is 8.78 Å². The van der Waals surface area contributed by atoms with Crippen molar-refractivity contribution in [3.8, 4) is 11.5 Å². The van der Waals surface area contributed by atoms with E-state index in [0.29, 0.717) is 12.3 Å². The molecule has 0 saturated carbocycles. The number of nitrogens with zero attached hydrogens (tertiary/aromatic N) is 1. The van der Waals surface area contributed by atoms with Crippen LogP contribution in [-0.2, 0) is 13.0 Å². The Balaban J connectivity index is 1.39. The van der Waals surface area contributed by atoms with Crippen LogP contribution in [0.4, 0.5) is 20.2 Å². The molecule has 0 aromatic heterocycles. The van der Waals surface area contributed by atoms with Crippen LogP contribution in [0.5, 0.6) is 11.5 Å². The monoisotopic (exact) mass is 365 g/mol. The first-order valence-electron chi connectivity index (χ1n) is 8.47. The smallest absolute Gasteiger partial charge is 0.162 e. The number of aliphatic imine (C=N–C) groups is 1. The van der Waals surface area contributed by atoms with Gasteiger partial charge in [0.25, 0.3) is 0 Å². The van der Waals surface area contributed by atoms with Gasteiger partial charge in [-0.15, -0.1) is 0 Å². The van der Waals surface area contributed by atoms with Gasteiger partial charge >= 0.3 is 0 Å². The van der Waals surface area contributed by atoms with Crippen molar-refractivity contribution in [2.45, 2.75) is 13.0 Å². The molecular formula is C21H17F2N3O. The fourth-order valence-corrected chi connectivity index (χ4v) is 2.87. The number of rotatable bonds is 4. The molecule has 6 heteroatoms. The second kappa shape index (κ2) is 7.07. The fourth-order valence-electron chi connectivity index (χ4n) is 2.87. The molecule has 0 unspecified atom stereocenters. The van der Waals surface area contributed by atoms with Crippen LogP contribution in [-0.4, -0.2) is 5.84 Å². The highest BCUT2D eigenvalue weighted by molar-refractivity contribution is 6.03. The van der Waals surface area contributed by atoms with Crippen molar-refractivity contribution in [2.75, 3.05) is 11.1 Å². The van der Waals surface area contributed by atoms with Crippen LogP contribution in [0.25, 0.3) is 0 Å². The number of benzene rings is 3. The third-order valence-electron chi connectivity index (χ3n) is 4.27. The molecule has 0 atom stereocenters. The molecule has 1 aliphatic rings. The number of nitrogens with one attached hydrogen (secondary N) is 1. The van der Waals surface area contributed by atoms with E-state index in [4.69, 9.17) is 10.5 Å². The Morgan fingerprint density at radius 2 is 1.70 bits per heavy atom. The number of fused-ring (bicyclic) bond motifs is 1. The van der Waals surface area contributed by atoms with Crippen molar-refractivity contribution in [1.29, 1.82) is 0 Å². The molecule has 4 nitrogen and oxygen atoms in total. The second-order valence-corrected chi connectivity index (χ2v) is 6.30.